The maximum Gasteiger partial charge on any atom is 0.222 e. The van der Waals surface area contributed by atoms with Gasteiger partial charge in [0.25, 0.3) is 0 Å². The third-order valence-corrected chi connectivity index (χ3v) is 6.22. The van der Waals surface area contributed by atoms with E-state index >= 15 is 0 Å². The van der Waals surface area contributed by atoms with Crippen molar-refractivity contribution in [2.45, 2.75) is 37.1 Å². The van der Waals surface area contributed by atoms with Gasteiger partial charge in [0.15, 0.2) is 0 Å². The average Bonchev–Trinajstić information content (AvgIpc) is 3.34. The minimum absolute atomic E-state index is 0.116. The number of carbonyl (C=O) groups excluding carboxylic acids is 1. The van der Waals surface area contributed by atoms with Crippen molar-refractivity contribution < 1.29 is 9.53 Å². The largest absolute Gasteiger partial charge is 0.381 e. The molecule has 0 radical (unpaired) electrons. The Bertz CT molecular complexity index is 861. The minimum atomic E-state index is -0.176. The Balaban J connectivity index is 1.40. The maximum atomic E-state index is 12.9. The summed E-state index contributed by atoms with van der Waals surface area (Å²) in [6.07, 6.45) is 7.24. The second-order valence-electron chi connectivity index (χ2n) is 8.12. The summed E-state index contributed by atoms with van der Waals surface area (Å²) in [5.41, 5.74) is 2.39. The third kappa shape index (κ3) is 4.82. The fourth-order valence-electron chi connectivity index (χ4n) is 4.54. The summed E-state index contributed by atoms with van der Waals surface area (Å²) in [4.78, 5) is 12.9. The first kappa shape index (κ1) is 20.4. The van der Waals surface area contributed by atoms with Crippen molar-refractivity contribution in [2.24, 2.45) is 0 Å². The van der Waals surface area contributed by atoms with Gasteiger partial charge >= 0.3 is 0 Å². The molecule has 2 aromatic carbocycles. The van der Waals surface area contributed by atoms with Gasteiger partial charge in [0.2, 0.25) is 5.91 Å². The molecule has 2 heterocycles. The van der Waals surface area contributed by atoms with E-state index in [9.17, 15) is 4.79 Å². The number of hydrogen-bond acceptors (Lipinski definition) is 2. The standard InChI is InChI=1S/C26H30N2O2/c29-25(21-26(14-19-30-20-15-26)28-17-7-8-18-28)27-16-13-24(22-9-3-1-4-10-22)23-11-5-2-6-12-23/h1-12,17-18,24H,13-16,19-21H2,(H,27,29). The van der Waals surface area contributed by atoms with Gasteiger partial charge in [0.05, 0.1) is 12.0 Å². The minimum Gasteiger partial charge on any atom is -0.381 e. The molecule has 4 nitrogen and oxygen atoms in total. The van der Waals surface area contributed by atoms with E-state index in [2.05, 4.69) is 70.8 Å². The van der Waals surface area contributed by atoms with Crippen LogP contribution in [0.3, 0.4) is 0 Å². The van der Waals surface area contributed by atoms with Gasteiger partial charge in [-0.1, -0.05) is 60.7 Å². The van der Waals surface area contributed by atoms with Crippen LogP contribution in [-0.2, 0) is 15.1 Å². The van der Waals surface area contributed by atoms with Crippen LogP contribution in [0.5, 0.6) is 0 Å². The van der Waals surface area contributed by atoms with Crippen LogP contribution in [0.4, 0.5) is 0 Å². The van der Waals surface area contributed by atoms with E-state index in [1.807, 2.05) is 24.3 Å². The van der Waals surface area contributed by atoms with Crippen LogP contribution in [0.15, 0.2) is 85.2 Å². The lowest BCUT2D eigenvalue weighted by Gasteiger charge is -2.38. The molecule has 1 N–H and O–H groups in total. The molecule has 1 saturated heterocycles. The zero-order chi connectivity index (χ0) is 20.7. The fourth-order valence-corrected chi connectivity index (χ4v) is 4.54. The molecule has 0 unspecified atom stereocenters. The molecule has 0 saturated carbocycles. The van der Waals surface area contributed by atoms with Gasteiger partial charge in [-0.25, -0.2) is 0 Å². The molecular weight excluding hydrogens is 372 g/mol. The lowest BCUT2D eigenvalue weighted by Crippen LogP contribution is -2.43. The Morgan fingerprint density at radius 1 is 0.900 bits per heavy atom. The van der Waals surface area contributed by atoms with E-state index < -0.39 is 0 Å². The summed E-state index contributed by atoms with van der Waals surface area (Å²) in [7, 11) is 0. The second-order valence-corrected chi connectivity index (χ2v) is 8.12. The molecule has 30 heavy (non-hydrogen) atoms. The number of carbonyl (C=O) groups is 1. The van der Waals surface area contributed by atoms with E-state index in [-0.39, 0.29) is 17.4 Å². The Labute approximate surface area is 178 Å². The first-order chi connectivity index (χ1) is 14.8. The van der Waals surface area contributed by atoms with Gasteiger partial charge in [-0.2, -0.15) is 0 Å². The zero-order valence-corrected chi connectivity index (χ0v) is 17.4. The Kier molecular flexibility index (Phi) is 6.65. The molecule has 4 rings (SSSR count). The van der Waals surface area contributed by atoms with Crippen LogP contribution in [-0.4, -0.2) is 30.2 Å². The number of nitrogens with zero attached hydrogens (tertiary/aromatic N) is 1. The van der Waals surface area contributed by atoms with Gasteiger partial charge in [-0.15, -0.1) is 0 Å². The number of benzene rings is 2. The number of hydrogen-bond donors (Lipinski definition) is 1. The predicted octanol–water partition coefficient (Wildman–Crippen LogP) is 4.72. The smallest absolute Gasteiger partial charge is 0.222 e. The van der Waals surface area contributed by atoms with Crippen molar-refractivity contribution in [1.29, 1.82) is 0 Å². The van der Waals surface area contributed by atoms with Gasteiger partial charge in [0, 0.05) is 38.1 Å². The summed E-state index contributed by atoms with van der Waals surface area (Å²) >= 11 is 0. The van der Waals surface area contributed by atoms with Crippen molar-refractivity contribution in [3.05, 3.63) is 96.3 Å². The lowest BCUT2D eigenvalue weighted by molar-refractivity contribution is -0.124. The molecule has 0 spiro atoms. The highest BCUT2D eigenvalue weighted by atomic mass is 16.5. The molecular formula is C26H30N2O2. The summed E-state index contributed by atoms with van der Waals surface area (Å²) in [5, 5.41) is 3.19. The third-order valence-electron chi connectivity index (χ3n) is 6.22. The molecule has 0 bridgehead atoms. The monoisotopic (exact) mass is 402 g/mol. The molecule has 1 aliphatic heterocycles. The molecule has 0 atom stereocenters. The van der Waals surface area contributed by atoms with Gasteiger partial charge in [-0.05, 0) is 42.5 Å². The normalized spacial score (nSPS) is 15.8. The first-order valence-electron chi connectivity index (χ1n) is 10.8. The molecule has 4 heteroatoms. The van der Waals surface area contributed by atoms with Crippen molar-refractivity contribution in [2.75, 3.05) is 19.8 Å². The number of nitrogens with one attached hydrogen (secondary N) is 1. The van der Waals surface area contributed by atoms with Gasteiger partial charge < -0.3 is 14.6 Å². The van der Waals surface area contributed by atoms with E-state index in [1.165, 1.54) is 11.1 Å². The van der Waals surface area contributed by atoms with Crippen molar-refractivity contribution in [1.82, 2.24) is 9.88 Å². The van der Waals surface area contributed by atoms with Crippen molar-refractivity contribution in [3.63, 3.8) is 0 Å². The van der Waals surface area contributed by atoms with Gasteiger partial charge in [-0.3, -0.25) is 4.79 Å². The van der Waals surface area contributed by atoms with Gasteiger partial charge in [0.1, 0.15) is 0 Å². The lowest BCUT2D eigenvalue weighted by atomic mass is 9.85. The van der Waals surface area contributed by atoms with Crippen molar-refractivity contribution in [3.8, 4) is 0 Å². The number of amides is 1. The van der Waals surface area contributed by atoms with Crippen LogP contribution in [0.1, 0.15) is 42.7 Å². The van der Waals surface area contributed by atoms with E-state index in [1.54, 1.807) is 0 Å². The molecule has 1 fully saturated rings. The quantitative estimate of drug-likeness (QED) is 0.592. The van der Waals surface area contributed by atoms with E-state index in [4.69, 9.17) is 4.74 Å². The molecule has 1 aromatic heterocycles. The highest BCUT2D eigenvalue weighted by Gasteiger charge is 2.36. The Morgan fingerprint density at radius 2 is 1.47 bits per heavy atom. The van der Waals surface area contributed by atoms with Crippen LogP contribution in [0.25, 0.3) is 0 Å². The van der Waals surface area contributed by atoms with Crippen LogP contribution >= 0.6 is 0 Å². The molecule has 3 aromatic rings. The van der Waals surface area contributed by atoms with E-state index in [0.29, 0.717) is 26.2 Å². The molecule has 0 aliphatic carbocycles. The fraction of sp³-hybridized carbons (Fsp3) is 0.346. The number of ether oxygens (including phenoxy) is 1. The SMILES string of the molecule is O=C(CC1(n2cccc2)CCOCC1)NCCC(c1ccccc1)c1ccccc1. The predicted molar refractivity (Wildman–Crippen MR) is 119 cm³/mol. The average molecular weight is 403 g/mol. The van der Waals surface area contributed by atoms with Crippen molar-refractivity contribution >= 4 is 5.91 Å². The van der Waals surface area contributed by atoms with Crippen LogP contribution in [0.2, 0.25) is 0 Å². The highest BCUT2D eigenvalue weighted by molar-refractivity contribution is 5.77. The number of rotatable bonds is 8. The summed E-state index contributed by atoms with van der Waals surface area (Å²) in [6.45, 7) is 2.07. The molecule has 1 amide bonds. The summed E-state index contributed by atoms with van der Waals surface area (Å²) in [6, 6.07) is 25.1. The second kappa shape index (κ2) is 9.77. The van der Waals surface area contributed by atoms with Crippen LogP contribution in [0, 0.1) is 0 Å². The van der Waals surface area contributed by atoms with Crippen LogP contribution < -0.4 is 5.32 Å². The first-order valence-corrected chi connectivity index (χ1v) is 10.8. The van der Waals surface area contributed by atoms with E-state index in [0.717, 1.165) is 19.3 Å². The number of aromatic nitrogens is 1. The molecule has 156 valence electrons. The zero-order valence-electron chi connectivity index (χ0n) is 17.4. The Hall–Kier alpha value is -2.85. The topological polar surface area (TPSA) is 43.3 Å². The maximum absolute atomic E-state index is 12.9. The Morgan fingerprint density at radius 3 is 2.03 bits per heavy atom. The summed E-state index contributed by atoms with van der Waals surface area (Å²) in [5.74, 6) is 0.389. The summed E-state index contributed by atoms with van der Waals surface area (Å²) < 4.78 is 7.77. The molecule has 1 aliphatic rings. The highest BCUT2D eigenvalue weighted by Crippen LogP contribution is 2.33.